The van der Waals surface area contributed by atoms with E-state index in [9.17, 15) is 0 Å². The Morgan fingerprint density at radius 1 is 1.13 bits per heavy atom. The van der Waals surface area contributed by atoms with Crippen molar-refractivity contribution < 1.29 is 9.26 Å². The second-order valence-corrected chi connectivity index (χ2v) is 8.02. The maximum atomic E-state index is 6.26. The Morgan fingerprint density at radius 3 is 2.48 bits per heavy atom. The summed E-state index contributed by atoms with van der Waals surface area (Å²) < 4.78 is 12.0. The molecule has 1 aromatic carbocycles. The van der Waals surface area contributed by atoms with Crippen LogP contribution < -0.4 is 9.26 Å². The fourth-order valence-electron chi connectivity index (χ4n) is 3.29. The van der Waals surface area contributed by atoms with Crippen molar-refractivity contribution in [1.82, 2.24) is 0 Å². The van der Waals surface area contributed by atoms with Gasteiger partial charge in [-0.1, -0.05) is 57.0 Å². The molecule has 0 radical (unpaired) electrons. The van der Waals surface area contributed by atoms with Gasteiger partial charge in [-0.2, -0.15) is 0 Å². The molecule has 0 amide bonds. The number of rotatable bonds is 8. The third kappa shape index (κ3) is 6.11. The van der Waals surface area contributed by atoms with E-state index >= 15 is 0 Å². The van der Waals surface area contributed by atoms with E-state index in [4.69, 9.17) is 20.9 Å². The molecule has 0 bridgehead atoms. The van der Waals surface area contributed by atoms with Crippen molar-refractivity contribution in [2.75, 3.05) is 6.61 Å². The van der Waals surface area contributed by atoms with Gasteiger partial charge in [-0.15, -0.1) is 0 Å². The minimum Gasteiger partial charge on any atom is -0.492 e. The van der Waals surface area contributed by atoms with Gasteiger partial charge < -0.3 is 9.26 Å². The summed E-state index contributed by atoms with van der Waals surface area (Å²) in [4.78, 5) is 0. The molecule has 2 nitrogen and oxygen atoms in total. The molecule has 5 heteroatoms. The number of halogens is 2. The zero-order valence-corrected chi connectivity index (χ0v) is 17.3. The van der Waals surface area contributed by atoms with Crippen molar-refractivity contribution in [3.05, 3.63) is 21.6 Å². The van der Waals surface area contributed by atoms with Gasteiger partial charge >= 0.3 is 0 Å². The molecular weight excluding hydrogens is 395 g/mol. The van der Waals surface area contributed by atoms with Crippen molar-refractivity contribution in [2.45, 2.75) is 58.3 Å². The van der Waals surface area contributed by atoms with Gasteiger partial charge in [0.25, 0.3) is 0 Å². The molecule has 0 aliphatic heterocycles. The fourth-order valence-corrected chi connectivity index (χ4v) is 4.28. The van der Waals surface area contributed by atoms with Gasteiger partial charge in [-0.25, -0.2) is 0 Å². The third-order valence-electron chi connectivity index (χ3n) is 4.77. The van der Waals surface area contributed by atoms with E-state index in [1.165, 1.54) is 51.4 Å². The molecule has 130 valence electrons. The fraction of sp³-hybridized carbons (Fsp3) is 0.667. The van der Waals surface area contributed by atoms with E-state index in [0.717, 1.165) is 22.7 Å². The number of hydrogen-bond acceptors (Lipinski definition) is 2. The van der Waals surface area contributed by atoms with Crippen molar-refractivity contribution in [3.8, 4) is 11.5 Å². The normalized spacial score (nSPS) is 21.2. The van der Waals surface area contributed by atoms with Crippen LogP contribution in [-0.2, 0) is 0 Å². The van der Waals surface area contributed by atoms with Crippen LogP contribution in [0.4, 0.5) is 0 Å². The highest BCUT2D eigenvalue weighted by molar-refractivity contribution is 9.10. The molecule has 2 rings (SSSR count). The van der Waals surface area contributed by atoms with Crippen molar-refractivity contribution in [2.24, 2.45) is 11.8 Å². The maximum Gasteiger partial charge on any atom is 0.139 e. The highest BCUT2D eigenvalue weighted by Gasteiger charge is 2.21. The summed E-state index contributed by atoms with van der Waals surface area (Å²) in [5, 5.41) is 0.596. The first kappa shape index (κ1) is 19.3. The van der Waals surface area contributed by atoms with Gasteiger partial charge in [0.05, 0.1) is 25.6 Å². The molecule has 1 aliphatic carbocycles. The Labute approximate surface area is 156 Å². The first-order valence-electron chi connectivity index (χ1n) is 8.62. The van der Waals surface area contributed by atoms with Crippen LogP contribution in [0.1, 0.15) is 58.3 Å². The molecule has 1 fully saturated rings. The molecule has 1 unspecified atom stereocenters. The Morgan fingerprint density at radius 2 is 1.83 bits per heavy atom. The molecule has 0 saturated heterocycles. The highest BCUT2D eigenvalue weighted by atomic mass is 79.9. The Balaban J connectivity index is 1.76. The summed E-state index contributed by atoms with van der Waals surface area (Å²) in [6.07, 6.45) is 10.8. The van der Waals surface area contributed by atoms with Crippen LogP contribution in [-0.4, -0.2) is 6.61 Å². The van der Waals surface area contributed by atoms with E-state index < -0.39 is 0 Å². The molecule has 1 aromatic rings. The van der Waals surface area contributed by atoms with Crippen LogP contribution in [0.3, 0.4) is 0 Å². The molecule has 0 heterocycles. The summed E-state index contributed by atoms with van der Waals surface area (Å²) >= 11 is 9.73. The Hall–Kier alpha value is 0.0200. The van der Waals surface area contributed by atoms with Crippen molar-refractivity contribution >= 4 is 37.0 Å². The van der Waals surface area contributed by atoms with Crippen LogP contribution in [0, 0.1) is 11.8 Å². The number of hydrogen-bond donors (Lipinski definition) is 0. The number of unbranched alkanes of at least 4 members (excludes halogenated alkanes) is 2. The van der Waals surface area contributed by atoms with Crippen molar-refractivity contribution in [1.29, 1.82) is 0 Å². The first-order chi connectivity index (χ1) is 11.1. The van der Waals surface area contributed by atoms with E-state index in [-0.39, 0.29) is 0 Å². The van der Waals surface area contributed by atoms with Crippen LogP contribution in [0.5, 0.6) is 11.5 Å². The second-order valence-electron chi connectivity index (χ2n) is 6.52. The predicted molar refractivity (Wildman–Crippen MR) is 105 cm³/mol. The number of ether oxygens (including phenoxy) is 1. The minimum atomic E-state index is 0.596. The van der Waals surface area contributed by atoms with Crippen LogP contribution >= 0.6 is 37.0 Å². The second kappa shape index (κ2) is 10.1. The summed E-state index contributed by atoms with van der Waals surface area (Å²) in [7, 11) is 2.23. The van der Waals surface area contributed by atoms with E-state index in [0.29, 0.717) is 16.7 Å². The molecule has 0 spiro atoms. The van der Waals surface area contributed by atoms with Gasteiger partial charge in [0.15, 0.2) is 0 Å². The summed E-state index contributed by atoms with van der Waals surface area (Å²) in [6.45, 7) is 3.03. The largest absolute Gasteiger partial charge is 0.492 e. The molecule has 0 N–H and O–H groups in total. The van der Waals surface area contributed by atoms with Crippen LogP contribution in [0.15, 0.2) is 16.6 Å². The molecule has 1 saturated carbocycles. The highest BCUT2D eigenvalue weighted by Crippen LogP contribution is 2.38. The van der Waals surface area contributed by atoms with Crippen molar-refractivity contribution in [3.63, 3.8) is 0 Å². The first-order valence-corrected chi connectivity index (χ1v) is 10.3. The van der Waals surface area contributed by atoms with Gasteiger partial charge in [-0.3, -0.25) is 0 Å². The lowest BCUT2D eigenvalue weighted by Gasteiger charge is -2.28. The Kier molecular flexibility index (Phi) is 8.50. The molecular formula is C18H27BrClO2P. The zero-order chi connectivity index (χ0) is 16.7. The monoisotopic (exact) mass is 420 g/mol. The van der Waals surface area contributed by atoms with E-state index in [1.54, 1.807) is 6.07 Å². The molecule has 1 atom stereocenters. The molecule has 1 aliphatic rings. The average Bonchev–Trinajstić information content (AvgIpc) is 2.56. The topological polar surface area (TPSA) is 18.5 Å². The van der Waals surface area contributed by atoms with E-state index in [2.05, 4.69) is 32.3 Å². The van der Waals surface area contributed by atoms with Gasteiger partial charge in [0, 0.05) is 6.07 Å². The van der Waals surface area contributed by atoms with E-state index in [1.807, 2.05) is 6.07 Å². The smallest absolute Gasteiger partial charge is 0.139 e. The number of benzene rings is 1. The summed E-state index contributed by atoms with van der Waals surface area (Å²) in [5.41, 5.74) is 0. The average molecular weight is 422 g/mol. The quantitative estimate of drug-likeness (QED) is 0.331. The maximum absolute atomic E-state index is 6.26. The van der Waals surface area contributed by atoms with Gasteiger partial charge in [-0.05, 0) is 46.7 Å². The Bertz CT molecular complexity index is 490. The van der Waals surface area contributed by atoms with Crippen LogP contribution in [0.2, 0.25) is 5.02 Å². The summed E-state index contributed by atoms with van der Waals surface area (Å²) in [6, 6.07) is 3.66. The van der Waals surface area contributed by atoms with Gasteiger partial charge in [0.1, 0.15) is 11.5 Å². The van der Waals surface area contributed by atoms with Gasteiger partial charge in [0.2, 0.25) is 0 Å². The summed E-state index contributed by atoms with van der Waals surface area (Å²) in [5.74, 6) is 3.02. The van der Waals surface area contributed by atoms with Crippen LogP contribution in [0.25, 0.3) is 0 Å². The predicted octanol–water partition coefficient (Wildman–Crippen LogP) is 7.04. The molecule has 0 aromatic heterocycles. The third-order valence-corrected chi connectivity index (χ3v) is 5.94. The standard InChI is InChI=1S/C18H27BrClO2P/c1-2-3-4-5-13-6-8-14(9-7-13)12-21-18-10-15(19)17(22-23)11-16(18)20/h10-11,13-14H,2-9,12,23H2,1H3. The zero-order valence-electron chi connectivity index (χ0n) is 13.8. The lowest BCUT2D eigenvalue weighted by molar-refractivity contribution is 0.177. The lowest BCUT2D eigenvalue weighted by atomic mass is 9.80. The lowest BCUT2D eigenvalue weighted by Crippen LogP contribution is -2.20. The molecule has 23 heavy (non-hydrogen) atoms. The SMILES string of the molecule is CCCCCC1CCC(COc2cc(Br)c(OP)cc2Cl)CC1. The minimum absolute atomic E-state index is 0.596.